The lowest BCUT2D eigenvalue weighted by atomic mass is 9.96. The zero-order valence-electron chi connectivity index (χ0n) is 15.6. The van der Waals surface area contributed by atoms with E-state index in [2.05, 4.69) is 45.8 Å². The third-order valence-corrected chi connectivity index (χ3v) is 5.83. The Morgan fingerprint density at radius 3 is 2.81 bits per heavy atom. The van der Waals surface area contributed by atoms with E-state index < -0.39 is 0 Å². The van der Waals surface area contributed by atoms with Crippen molar-refractivity contribution in [2.45, 2.75) is 39.2 Å². The highest BCUT2D eigenvalue weighted by molar-refractivity contribution is 5.96. The molecule has 2 aromatic rings. The SMILES string of the molecule is CCc1nccn1CC1CCN(CC(=O)N2CCc3ccccc32)CC1. The predicted octanol–water partition coefficient (Wildman–Crippen LogP) is 2.75. The zero-order valence-corrected chi connectivity index (χ0v) is 15.6. The van der Waals surface area contributed by atoms with E-state index in [0.29, 0.717) is 12.5 Å². The monoisotopic (exact) mass is 352 g/mol. The molecule has 1 aromatic carbocycles. The summed E-state index contributed by atoms with van der Waals surface area (Å²) in [6.45, 7) is 6.62. The number of imidazole rings is 1. The van der Waals surface area contributed by atoms with Gasteiger partial charge in [-0.2, -0.15) is 0 Å². The molecule has 0 spiro atoms. The van der Waals surface area contributed by atoms with E-state index in [-0.39, 0.29) is 5.91 Å². The number of rotatable bonds is 5. The number of hydrogen-bond donors (Lipinski definition) is 0. The summed E-state index contributed by atoms with van der Waals surface area (Å²) >= 11 is 0. The number of benzene rings is 1. The Hall–Kier alpha value is -2.14. The Morgan fingerprint density at radius 2 is 2.00 bits per heavy atom. The standard InChI is InChI=1S/C21H28N4O/c1-2-20-22-10-14-24(20)15-17-7-11-23(12-8-17)16-21(26)25-13-9-18-5-3-4-6-19(18)25/h3-6,10,14,17H,2,7-9,11-13,15-16H2,1H3. The molecule has 3 heterocycles. The van der Waals surface area contributed by atoms with Gasteiger partial charge in [0, 0.05) is 37.6 Å². The van der Waals surface area contributed by atoms with Crippen molar-refractivity contribution in [3.63, 3.8) is 0 Å². The minimum absolute atomic E-state index is 0.247. The number of para-hydroxylation sites is 1. The molecule has 1 fully saturated rings. The van der Waals surface area contributed by atoms with Crippen LogP contribution in [0.5, 0.6) is 0 Å². The van der Waals surface area contributed by atoms with Gasteiger partial charge in [-0.15, -0.1) is 0 Å². The Kier molecular flexibility index (Phi) is 5.07. The second kappa shape index (κ2) is 7.62. The van der Waals surface area contributed by atoms with Crippen molar-refractivity contribution < 1.29 is 4.79 Å². The molecule has 26 heavy (non-hydrogen) atoms. The van der Waals surface area contributed by atoms with Crippen molar-refractivity contribution in [1.82, 2.24) is 14.5 Å². The molecular weight excluding hydrogens is 324 g/mol. The van der Waals surface area contributed by atoms with Gasteiger partial charge in [0.1, 0.15) is 5.82 Å². The van der Waals surface area contributed by atoms with Crippen LogP contribution in [0.3, 0.4) is 0 Å². The molecule has 138 valence electrons. The Labute approximate surface area is 155 Å². The highest BCUT2D eigenvalue weighted by atomic mass is 16.2. The van der Waals surface area contributed by atoms with Gasteiger partial charge in [-0.25, -0.2) is 4.98 Å². The maximum Gasteiger partial charge on any atom is 0.241 e. The summed E-state index contributed by atoms with van der Waals surface area (Å²) in [5.74, 6) is 2.11. The van der Waals surface area contributed by atoms with Gasteiger partial charge in [-0.05, 0) is 49.9 Å². The average molecular weight is 352 g/mol. The molecule has 0 saturated carbocycles. The number of piperidine rings is 1. The van der Waals surface area contributed by atoms with Crippen molar-refractivity contribution in [1.29, 1.82) is 0 Å². The molecule has 2 aliphatic rings. The summed E-state index contributed by atoms with van der Waals surface area (Å²) in [5, 5.41) is 0. The van der Waals surface area contributed by atoms with Crippen LogP contribution in [0.25, 0.3) is 0 Å². The molecule has 0 atom stereocenters. The summed E-state index contributed by atoms with van der Waals surface area (Å²) in [7, 11) is 0. The number of nitrogens with zero attached hydrogens (tertiary/aromatic N) is 4. The molecule has 2 aliphatic heterocycles. The van der Waals surface area contributed by atoms with Crippen LogP contribution in [0.1, 0.15) is 31.2 Å². The van der Waals surface area contributed by atoms with Gasteiger partial charge in [0.25, 0.3) is 0 Å². The largest absolute Gasteiger partial charge is 0.335 e. The first-order valence-corrected chi connectivity index (χ1v) is 9.85. The molecule has 5 heteroatoms. The average Bonchev–Trinajstić information content (AvgIpc) is 3.29. The summed E-state index contributed by atoms with van der Waals surface area (Å²) in [6, 6.07) is 8.29. The van der Waals surface area contributed by atoms with Crippen molar-refractivity contribution in [3.8, 4) is 0 Å². The fourth-order valence-corrected chi connectivity index (χ4v) is 4.30. The molecule has 4 rings (SSSR count). The van der Waals surface area contributed by atoms with Crippen LogP contribution in [-0.2, 0) is 24.2 Å². The summed E-state index contributed by atoms with van der Waals surface area (Å²) < 4.78 is 2.30. The van der Waals surface area contributed by atoms with Crippen LogP contribution in [0.2, 0.25) is 0 Å². The third kappa shape index (κ3) is 3.54. The first-order valence-electron chi connectivity index (χ1n) is 9.85. The van der Waals surface area contributed by atoms with Crippen molar-refractivity contribution in [2.24, 2.45) is 5.92 Å². The van der Waals surface area contributed by atoms with E-state index in [0.717, 1.165) is 57.5 Å². The van der Waals surface area contributed by atoms with Crippen LogP contribution in [0.4, 0.5) is 5.69 Å². The van der Waals surface area contributed by atoms with E-state index in [1.807, 2.05) is 17.2 Å². The van der Waals surface area contributed by atoms with Gasteiger partial charge in [-0.1, -0.05) is 25.1 Å². The van der Waals surface area contributed by atoms with Crippen molar-refractivity contribution in [3.05, 3.63) is 48.0 Å². The number of aryl methyl sites for hydroxylation is 1. The van der Waals surface area contributed by atoms with E-state index in [9.17, 15) is 4.79 Å². The van der Waals surface area contributed by atoms with Crippen LogP contribution in [0.15, 0.2) is 36.7 Å². The Morgan fingerprint density at radius 1 is 1.19 bits per heavy atom. The van der Waals surface area contributed by atoms with E-state index in [1.165, 1.54) is 11.4 Å². The van der Waals surface area contributed by atoms with Gasteiger partial charge < -0.3 is 9.47 Å². The molecule has 0 radical (unpaired) electrons. The lowest BCUT2D eigenvalue weighted by Gasteiger charge is -2.33. The second-order valence-electron chi connectivity index (χ2n) is 7.49. The Bertz CT molecular complexity index is 761. The lowest BCUT2D eigenvalue weighted by Crippen LogP contribution is -2.43. The van der Waals surface area contributed by atoms with Crippen molar-refractivity contribution >= 4 is 11.6 Å². The number of amides is 1. The number of likely N-dealkylation sites (tertiary alicyclic amines) is 1. The van der Waals surface area contributed by atoms with Crippen LogP contribution < -0.4 is 4.90 Å². The quantitative estimate of drug-likeness (QED) is 0.831. The number of carbonyl (C=O) groups excluding carboxylic acids is 1. The number of anilines is 1. The Balaban J connectivity index is 1.28. The van der Waals surface area contributed by atoms with Crippen LogP contribution in [0, 0.1) is 5.92 Å². The minimum atomic E-state index is 0.247. The highest BCUT2D eigenvalue weighted by Crippen LogP contribution is 2.28. The topological polar surface area (TPSA) is 41.4 Å². The summed E-state index contributed by atoms with van der Waals surface area (Å²) in [6.07, 6.45) is 8.28. The molecule has 1 amide bonds. The second-order valence-corrected chi connectivity index (χ2v) is 7.49. The smallest absolute Gasteiger partial charge is 0.241 e. The third-order valence-electron chi connectivity index (χ3n) is 5.83. The van der Waals surface area contributed by atoms with E-state index in [4.69, 9.17) is 0 Å². The number of hydrogen-bond acceptors (Lipinski definition) is 3. The normalized spacial score (nSPS) is 18.3. The van der Waals surface area contributed by atoms with Crippen LogP contribution in [-0.4, -0.2) is 46.5 Å². The molecule has 0 N–H and O–H groups in total. The maximum atomic E-state index is 12.8. The zero-order chi connectivity index (χ0) is 17.9. The summed E-state index contributed by atoms with van der Waals surface area (Å²) in [5.41, 5.74) is 2.41. The number of aromatic nitrogens is 2. The number of fused-ring (bicyclic) bond motifs is 1. The summed E-state index contributed by atoms with van der Waals surface area (Å²) in [4.78, 5) is 21.5. The van der Waals surface area contributed by atoms with E-state index >= 15 is 0 Å². The van der Waals surface area contributed by atoms with Gasteiger partial charge in [-0.3, -0.25) is 9.69 Å². The molecule has 0 bridgehead atoms. The van der Waals surface area contributed by atoms with Gasteiger partial charge in [0.05, 0.1) is 6.54 Å². The molecule has 1 aromatic heterocycles. The van der Waals surface area contributed by atoms with Gasteiger partial charge in [0.2, 0.25) is 5.91 Å². The molecular formula is C21H28N4O. The van der Waals surface area contributed by atoms with Gasteiger partial charge in [0.15, 0.2) is 0 Å². The maximum absolute atomic E-state index is 12.8. The highest BCUT2D eigenvalue weighted by Gasteiger charge is 2.27. The van der Waals surface area contributed by atoms with Crippen molar-refractivity contribution in [2.75, 3.05) is 31.1 Å². The molecule has 5 nitrogen and oxygen atoms in total. The van der Waals surface area contributed by atoms with Crippen LogP contribution >= 0.6 is 0 Å². The fourth-order valence-electron chi connectivity index (χ4n) is 4.30. The molecule has 0 unspecified atom stereocenters. The molecule has 0 aliphatic carbocycles. The fraction of sp³-hybridized carbons (Fsp3) is 0.524. The first-order chi connectivity index (χ1) is 12.7. The number of carbonyl (C=O) groups is 1. The van der Waals surface area contributed by atoms with E-state index in [1.54, 1.807) is 0 Å². The minimum Gasteiger partial charge on any atom is -0.335 e. The lowest BCUT2D eigenvalue weighted by molar-refractivity contribution is -0.120. The predicted molar refractivity (Wildman–Crippen MR) is 103 cm³/mol. The molecule has 1 saturated heterocycles. The first kappa shape index (κ1) is 17.3. The van der Waals surface area contributed by atoms with Gasteiger partial charge >= 0.3 is 0 Å².